The van der Waals surface area contributed by atoms with Crippen LogP contribution in [0.5, 0.6) is 5.75 Å². The highest BCUT2D eigenvalue weighted by molar-refractivity contribution is 5.95. The predicted molar refractivity (Wildman–Crippen MR) is 130 cm³/mol. The summed E-state index contributed by atoms with van der Waals surface area (Å²) in [7, 11) is 1.57. The number of hydrogen-bond acceptors (Lipinski definition) is 5. The first-order valence-electron chi connectivity index (χ1n) is 11.4. The topological polar surface area (TPSA) is 100 Å². The quantitative estimate of drug-likeness (QED) is 0.429. The molecule has 0 aromatic heterocycles. The van der Waals surface area contributed by atoms with Crippen molar-refractivity contribution >= 4 is 12.0 Å². The van der Waals surface area contributed by atoms with Crippen LogP contribution in [0.4, 0.5) is 13.6 Å². The number of hydrogen-bond donors (Lipinski definition) is 2. The van der Waals surface area contributed by atoms with Gasteiger partial charge in [-0.2, -0.15) is 5.26 Å². The first kappa shape index (κ1) is 25.4. The lowest BCUT2D eigenvalue weighted by atomic mass is 9.93. The number of methoxy groups -OCH3 is 1. The second-order valence-electron chi connectivity index (χ2n) is 8.33. The van der Waals surface area contributed by atoms with E-state index in [4.69, 9.17) is 14.7 Å². The Bertz CT molecular complexity index is 1400. The Hall–Kier alpha value is -4.71. The van der Waals surface area contributed by atoms with Crippen molar-refractivity contribution in [3.8, 4) is 11.8 Å². The highest BCUT2D eigenvalue weighted by Gasteiger charge is 2.34. The molecule has 3 aromatic rings. The Morgan fingerprint density at radius 2 is 1.78 bits per heavy atom. The lowest BCUT2D eigenvalue weighted by Gasteiger charge is -2.29. The van der Waals surface area contributed by atoms with Crippen LogP contribution in [0.2, 0.25) is 0 Å². The summed E-state index contributed by atoms with van der Waals surface area (Å²) < 4.78 is 38.4. The molecule has 2 N–H and O–H groups in total. The average Bonchev–Trinajstić information content (AvgIpc) is 2.91. The monoisotopic (exact) mass is 503 g/mol. The molecule has 1 aliphatic heterocycles. The van der Waals surface area contributed by atoms with Crippen molar-refractivity contribution in [2.45, 2.75) is 25.5 Å². The maximum Gasteiger partial charge on any atom is 0.338 e. The molecule has 1 heterocycles. The highest BCUT2D eigenvalue weighted by Crippen LogP contribution is 2.30. The van der Waals surface area contributed by atoms with Crippen LogP contribution in [-0.2, 0) is 22.6 Å². The predicted octanol–water partition coefficient (Wildman–Crippen LogP) is 4.83. The van der Waals surface area contributed by atoms with Gasteiger partial charge in [0.15, 0.2) is 0 Å². The molecular weight excluding hydrogens is 480 g/mol. The van der Waals surface area contributed by atoms with E-state index in [1.54, 1.807) is 19.2 Å². The fourth-order valence-corrected chi connectivity index (χ4v) is 4.03. The third-order valence-corrected chi connectivity index (χ3v) is 5.90. The van der Waals surface area contributed by atoms with Gasteiger partial charge in [-0.25, -0.2) is 18.4 Å². The molecule has 0 saturated carbocycles. The fraction of sp³-hybridized carbons (Fsp3) is 0.179. The van der Waals surface area contributed by atoms with Gasteiger partial charge in [0.05, 0.1) is 24.3 Å². The van der Waals surface area contributed by atoms with Gasteiger partial charge in [0.2, 0.25) is 0 Å². The minimum Gasteiger partial charge on any atom is -0.497 e. The molecule has 1 unspecified atom stereocenters. The Morgan fingerprint density at radius 3 is 2.49 bits per heavy atom. The van der Waals surface area contributed by atoms with Gasteiger partial charge in [-0.15, -0.1) is 0 Å². The zero-order chi connectivity index (χ0) is 26.4. The second kappa shape index (κ2) is 11.4. The van der Waals surface area contributed by atoms with Crippen LogP contribution in [-0.4, -0.2) is 19.1 Å². The molecule has 37 heavy (non-hydrogen) atoms. The molecule has 0 fully saturated rings. The summed E-state index contributed by atoms with van der Waals surface area (Å²) in [4.78, 5) is 25.9. The van der Waals surface area contributed by atoms with Crippen LogP contribution in [0.3, 0.4) is 0 Å². The first-order chi connectivity index (χ1) is 17.9. The maximum absolute atomic E-state index is 14.0. The molecule has 2 amide bonds. The molecule has 0 saturated heterocycles. The Balaban J connectivity index is 1.64. The molecule has 188 valence electrons. The second-order valence-corrected chi connectivity index (χ2v) is 8.33. The van der Waals surface area contributed by atoms with Gasteiger partial charge in [0.25, 0.3) is 0 Å². The van der Waals surface area contributed by atoms with Gasteiger partial charge in [0.1, 0.15) is 30.1 Å². The number of benzene rings is 3. The van der Waals surface area contributed by atoms with E-state index in [1.165, 1.54) is 30.3 Å². The summed E-state index contributed by atoms with van der Waals surface area (Å²) in [5.41, 5.74) is 2.04. The third kappa shape index (κ3) is 6.11. The van der Waals surface area contributed by atoms with Crippen molar-refractivity contribution in [2.24, 2.45) is 0 Å². The molecule has 0 spiro atoms. The molecule has 1 atom stereocenters. The normalized spacial score (nSPS) is 14.9. The van der Waals surface area contributed by atoms with Crippen LogP contribution < -0.4 is 15.4 Å². The molecule has 0 radical (unpaired) electrons. The number of carbonyl (C=O) groups is 2. The number of allylic oxidation sites excluding steroid dienone is 1. The number of esters is 1. The zero-order valence-electron chi connectivity index (χ0n) is 19.9. The van der Waals surface area contributed by atoms with Crippen molar-refractivity contribution < 1.29 is 27.8 Å². The van der Waals surface area contributed by atoms with E-state index in [0.29, 0.717) is 35.4 Å². The number of amides is 2. The first-order valence-corrected chi connectivity index (χ1v) is 11.4. The number of nitrogens with one attached hydrogen (secondary N) is 2. The summed E-state index contributed by atoms with van der Waals surface area (Å²) in [5, 5.41) is 14.4. The van der Waals surface area contributed by atoms with Crippen molar-refractivity contribution in [1.29, 1.82) is 5.26 Å². The smallest absolute Gasteiger partial charge is 0.338 e. The van der Waals surface area contributed by atoms with E-state index in [-0.39, 0.29) is 17.7 Å². The van der Waals surface area contributed by atoms with Crippen molar-refractivity contribution in [3.63, 3.8) is 0 Å². The van der Waals surface area contributed by atoms with Gasteiger partial charge in [-0.3, -0.25) is 0 Å². The minimum absolute atomic E-state index is 0.126. The van der Waals surface area contributed by atoms with E-state index in [9.17, 15) is 18.4 Å². The van der Waals surface area contributed by atoms with Gasteiger partial charge < -0.3 is 20.1 Å². The van der Waals surface area contributed by atoms with Crippen LogP contribution in [0.1, 0.15) is 34.7 Å². The van der Waals surface area contributed by atoms with E-state index in [2.05, 4.69) is 10.6 Å². The van der Waals surface area contributed by atoms with Crippen LogP contribution >= 0.6 is 0 Å². The molecule has 9 heteroatoms. The lowest BCUT2D eigenvalue weighted by molar-refractivity contribution is -0.140. The molecule has 3 aromatic carbocycles. The minimum atomic E-state index is -0.953. The average molecular weight is 504 g/mol. The highest BCUT2D eigenvalue weighted by atomic mass is 19.1. The maximum atomic E-state index is 14.0. The molecule has 4 rings (SSSR count). The van der Waals surface area contributed by atoms with Crippen molar-refractivity contribution in [2.75, 3.05) is 7.11 Å². The Morgan fingerprint density at radius 1 is 1.03 bits per heavy atom. The van der Waals surface area contributed by atoms with Crippen LogP contribution in [0.25, 0.3) is 0 Å². The largest absolute Gasteiger partial charge is 0.497 e. The van der Waals surface area contributed by atoms with E-state index in [1.807, 2.05) is 24.3 Å². The SMILES string of the molecule is COc1ccc(CCC2=C(C(=O)OCc3ccc(F)c(C#N)c3)C(c3cccc(F)c3)NC(=O)N2)cc1. The zero-order valence-corrected chi connectivity index (χ0v) is 19.9. The fourth-order valence-electron chi connectivity index (χ4n) is 4.03. The van der Waals surface area contributed by atoms with Crippen LogP contribution in [0.15, 0.2) is 78.0 Å². The van der Waals surface area contributed by atoms with Gasteiger partial charge >= 0.3 is 12.0 Å². The Kier molecular flexibility index (Phi) is 7.79. The van der Waals surface area contributed by atoms with Crippen molar-refractivity contribution in [3.05, 3.63) is 112 Å². The molecular formula is C28H23F2N3O4. The summed E-state index contributed by atoms with van der Waals surface area (Å²) in [6.07, 6.45) is 0.793. The number of rotatable bonds is 8. The van der Waals surface area contributed by atoms with Gasteiger partial charge in [0, 0.05) is 5.70 Å². The summed E-state index contributed by atoms with van der Waals surface area (Å²) in [6, 6.07) is 17.1. The van der Waals surface area contributed by atoms with Gasteiger partial charge in [-0.05, 0) is 65.9 Å². The number of nitriles is 1. The summed E-state index contributed by atoms with van der Waals surface area (Å²) in [6.45, 7) is -0.229. The number of ether oxygens (including phenoxy) is 2. The molecule has 0 bridgehead atoms. The standard InChI is InChI=1S/C28H23F2N3O4/c1-36-22-9-5-17(6-10-22)8-12-24-25(26(33-28(35)32-24)19-3-2-4-21(29)14-19)27(34)37-16-18-7-11-23(30)20(13-18)15-31/h2-7,9-11,13-14,26H,8,12,16H2,1H3,(H2,32,33,35). The molecule has 7 nitrogen and oxygen atoms in total. The summed E-state index contributed by atoms with van der Waals surface area (Å²) in [5.74, 6) is -1.23. The number of aryl methyl sites for hydroxylation is 1. The third-order valence-electron chi connectivity index (χ3n) is 5.90. The number of halogens is 2. The number of carbonyl (C=O) groups excluding carboxylic acids is 2. The Labute approximate surface area is 212 Å². The van der Waals surface area contributed by atoms with Gasteiger partial charge in [-0.1, -0.05) is 30.3 Å². The van der Waals surface area contributed by atoms with Crippen molar-refractivity contribution in [1.82, 2.24) is 10.6 Å². The number of urea groups is 1. The lowest BCUT2D eigenvalue weighted by Crippen LogP contribution is -2.46. The summed E-state index contributed by atoms with van der Waals surface area (Å²) >= 11 is 0. The van der Waals surface area contributed by atoms with E-state index in [0.717, 1.165) is 11.6 Å². The number of nitrogens with zero attached hydrogens (tertiary/aromatic N) is 1. The molecule has 1 aliphatic rings. The van der Waals surface area contributed by atoms with E-state index >= 15 is 0 Å². The van der Waals surface area contributed by atoms with Crippen LogP contribution in [0, 0.1) is 23.0 Å². The van der Waals surface area contributed by atoms with E-state index < -0.39 is 29.7 Å². The molecule has 0 aliphatic carbocycles.